The minimum absolute atomic E-state index is 0.653. The average molecular weight is 837 g/mol. The van der Waals surface area contributed by atoms with E-state index in [0.29, 0.717) is 5.95 Å². The van der Waals surface area contributed by atoms with Crippen molar-refractivity contribution in [2.75, 3.05) is 0 Å². The normalized spacial score (nSPS) is 12.2. The highest BCUT2D eigenvalue weighted by atomic mass is 15.2. The van der Waals surface area contributed by atoms with Crippen molar-refractivity contribution in [2.24, 2.45) is 0 Å². The van der Waals surface area contributed by atoms with Gasteiger partial charge in [0.1, 0.15) is 0 Å². The van der Waals surface area contributed by atoms with Crippen LogP contribution in [0.5, 0.6) is 0 Å². The standard InChI is InChI=1S/C62H36N4/c1-3-16-39(17-4-1)61-60-44-21-10-8-14-37(44)26-30-52(60)63-62(64-61)66-54-32-29-41(35-51(54)58-43-20-9-7-15-38(43)27-33-55(58)66)40-28-31-53-50(34-40)59-48-25-13-24-47-45-22-11-12-23-46(45)49(57(47)48)36-56(59)65(53)42-18-5-2-6-19-42/h1-36H. The quantitative estimate of drug-likeness (QED) is 0.166. The van der Waals surface area contributed by atoms with Gasteiger partial charge in [0.2, 0.25) is 5.95 Å². The Morgan fingerprint density at radius 3 is 1.59 bits per heavy atom. The maximum Gasteiger partial charge on any atom is 0.235 e. The lowest BCUT2D eigenvalue weighted by Crippen LogP contribution is -2.03. The number of nitrogens with zero attached hydrogens (tertiary/aromatic N) is 4. The summed E-state index contributed by atoms with van der Waals surface area (Å²) in [5.41, 5.74) is 16.2. The molecule has 0 unspecified atom stereocenters. The zero-order valence-corrected chi connectivity index (χ0v) is 35.6. The van der Waals surface area contributed by atoms with E-state index in [1.54, 1.807) is 0 Å². The monoisotopic (exact) mass is 836 g/mol. The van der Waals surface area contributed by atoms with Crippen LogP contribution in [0, 0.1) is 0 Å². The molecule has 66 heavy (non-hydrogen) atoms. The molecule has 0 fully saturated rings. The summed E-state index contributed by atoms with van der Waals surface area (Å²) in [6, 6.07) is 79.6. The van der Waals surface area contributed by atoms with Crippen molar-refractivity contribution >= 4 is 86.8 Å². The molecule has 0 spiro atoms. The molecule has 11 aromatic carbocycles. The predicted octanol–water partition coefficient (Wildman–Crippen LogP) is 16.3. The predicted molar refractivity (Wildman–Crippen MR) is 276 cm³/mol. The fourth-order valence-corrected chi connectivity index (χ4v) is 11.4. The van der Waals surface area contributed by atoms with Crippen LogP contribution in [0.1, 0.15) is 0 Å². The second kappa shape index (κ2) is 13.3. The molecule has 0 saturated heterocycles. The van der Waals surface area contributed by atoms with Crippen LogP contribution in [-0.4, -0.2) is 19.1 Å². The first-order valence-corrected chi connectivity index (χ1v) is 22.7. The SMILES string of the molecule is c1ccc(-c2nc(-n3c4ccc(-c5ccc6c(c5)c5c7cccc8c7c(cc5n6-c5ccccc5)-c5ccccc5-8)cc4c4c5ccccc5ccc43)nc3ccc4ccccc4c23)cc1. The van der Waals surface area contributed by atoms with Crippen molar-refractivity contribution in [3.8, 4) is 56.3 Å². The van der Waals surface area contributed by atoms with Crippen LogP contribution in [0.4, 0.5) is 0 Å². The molecule has 0 N–H and O–H groups in total. The molecule has 0 atom stereocenters. The number of para-hydroxylation sites is 1. The lowest BCUT2D eigenvalue weighted by atomic mass is 9.96. The molecular formula is C62H36N4. The second-order valence-electron chi connectivity index (χ2n) is 17.7. The second-order valence-corrected chi connectivity index (χ2v) is 17.7. The van der Waals surface area contributed by atoms with Gasteiger partial charge in [0, 0.05) is 38.2 Å². The number of benzene rings is 11. The minimum Gasteiger partial charge on any atom is -0.309 e. The van der Waals surface area contributed by atoms with E-state index >= 15 is 0 Å². The molecule has 4 nitrogen and oxygen atoms in total. The molecule has 0 saturated carbocycles. The lowest BCUT2D eigenvalue weighted by molar-refractivity contribution is 1.01. The first-order chi connectivity index (χ1) is 32.7. The molecule has 3 aromatic heterocycles. The highest BCUT2D eigenvalue weighted by Gasteiger charge is 2.26. The molecule has 4 heteroatoms. The van der Waals surface area contributed by atoms with Gasteiger partial charge < -0.3 is 4.57 Å². The Labute approximate surface area is 378 Å². The first-order valence-electron chi connectivity index (χ1n) is 22.7. The molecule has 0 amide bonds. The maximum absolute atomic E-state index is 5.52. The zero-order chi connectivity index (χ0) is 43.0. The van der Waals surface area contributed by atoms with Crippen molar-refractivity contribution in [1.82, 2.24) is 19.1 Å². The molecule has 3 heterocycles. The molecule has 1 aliphatic carbocycles. The Kier molecular flexibility index (Phi) is 7.19. The van der Waals surface area contributed by atoms with Crippen LogP contribution < -0.4 is 0 Å². The number of fused-ring (bicyclic) bond motifs is 15. The van der Waals surface area contributed by atoms with E-state index in [1.165, 1.54) is 81.9 Å². The number of hydrogen-bond donors (Lipinski definition) is 0. The molecular weight excluding hydrogens is 801 g/mol. The first kappa shape index (κ1) is 35.6. The van der Waals surface area contributed by atoms with Crippen molar-refractivity contribution < 1.29 is 0 Å². The van der Waals surface area contributed by atoms with Gasteiger partial charge in [0.15, 0.2) is 0 Å². The van der Waals surface area contributed by atoms with Gasteiger partial charge in [-0.1, -0.05) is 164 Å². The van der Waals surface area contributed by atoms with Gasteiger partial charge in [0.25, 0.3) is 0 Å². The molecule has 15 rings (SSSR count). The average Bonchev–Trinajstić information content (AvgIpc) is 4.02. The molecule has 0 bridgehead atoms. The van der Waals surface area contributed by atoms with E-state index in [9.17, 15) is 0 Å². The maximum atomic E-state index is 5.52. The summed E-state index contributed by atoms with van der Waals surface area (Å²) in [6.45, 7) is 0. The van der Waals surface area contributed by atoms with E-state index in [0.717, 1.165) is 55.2 Å². The Balaban J connectivity index is 1.000. The van der Waals surface area contributed by atoms with Crippen LogP contribution in [0.15, 0.2) is 218 Å². The highest BCUT2D eigenvalue weighted by Crippen LogP contribution is 2.51. The van der Waals surface area contributed by atoms with E-state index in [2.05, 4.69) is 228 Å². The van der Waals surface area contributed by atoms with E-state index < -0.39 is 0 Å². The van der Waals surface area contributed by atoms with Gasteiger partial charge >= 0.3 is 0 Å². The van der Waals surface area contributed by atoms with Gasteiger partial charge in [-0.05, 0) is 120 Å². The third-order valence-electron chi connectivity index (χ3n) is 14.2. The van der Waals surface area contributed by atoms with Crippen LogP contribution in [0.25, 0.3) is 143 Å². The lowest BCUT2D eigenvalue weighted by Gasteiger charge is -2.13. The van der Waals surface area contributed by atoms with Crippen LogP contribution in [-0.2, 0) is 0 Å². The topological polar surface area (TPSA) is 35.6 Å². The van der Waals surface area contributed by atoms with E-state index in [4.69, 9.17) is 9.97 Å². The molecule has 14 aromatic rings. The largest absolute Gasteiger partial charge is 0.309 e. The summed E-state index contributed by atoms with van der Waals surface area (Å²) in [5.74, 6) is 0.653. The third kappa shape index (κ3) is 4.87. The summed E-state index contributed by atoms with van der Waals surface area (Å²) < 4.78 is 4.73. The smallest absolute Gasteiger partial charge is 0.235 e. The summed E-state index contributed by atoms with van der Waals surface area (Å²) in [4.78, 5) is 10.9. The van der Waals surface area contributed by atoms with Gasteiger partial charge in [-0.3, -0.25) is 4.57 Å². The van der Waals surface area contributed by atoms with Crippen molar-refractivity contribution in [3.63, 3.8) is 0 Å². The van der Waals surface area contributed by atoms with Crippen LogP contribution in [0.3, 0.4) is 0 Å². The van der Waals surface area contributed by atoms with Crippen LogP contribution >= 0.6 is 0 Å². The number of rotatable bonds is 4. The molecule has 1 aliphatic rings. The Morgan fingerprint density at radius 1 is 0.288 bits per heavy atom. The summed E-state index contributed by atoms with van der Waals surface area (Å²) in [7, 11) is 0. The Morgan fingerprint density at radius 2 is 0.848 bits per heavy atom. The molecule has 0 aliphatic heterocycles. The van der Waals surface area contributed by atoms with Crippen molar-refractivity contribution in [2.45, 2.75) is 0 Å². The van der Waals surface area contributed by atoms with Crippen molar-refractivity contribution in [3.05, 3.63) is 218 Å². The minimum atomic E-state index is 0.653. The van der Waals surface area contributed by atoms with Gasteiger partial charge in [-0.2, -0.15) is 0 Å². The van der Waals surface area contributed by atoms with Crippen LogP contribution in [0.2, 0.25) is 0 Å². The highest BCUT2D eigenvalue weighted by molar-refractivity contribution is 6.30. The van der Waals surface area contributed by atoms with E-state index in [1.807, 2.05) is 0 Å². The Hall–Kier alpha value is -8.86. The fourth-order valence-electron chi connectivity index (χ4n) is 11.4. The fraction of sp³-hybridized carbons (Fsp3) is 0. The van der Waals surface area contributed by atoms with E-state index in [-0.39, 0.29) is 0 Å². The molecule has 304 valence electrons. The summed E-state index contributed by atoms with van der Waals surface area (Å²) in [6.07, 6.45) is 0. The molecule has 0 radical (unpaired) electrons. The summed E-state index contributed by atoms with van der Waals surface area (Å²) >= 11 is 0. The zero-order valence-electron chi connectivity index (χ0n) is 35.6. The van der Waals surface area contributed by atoms with Crippen molar-refractivity contribution in [1.29, 1.82) is 0 Å². The Bertz CT molecular complexity index is 4390. The summed E-state index contributed by atoms with van der Waals surface area (Å²) in [5, 5.41) is 13.3. The van der Waals surface area contributed by atoms with Gasteiger partial charge in [-0.15, -0.1) is 0 Å². The van der Waals surface area contributed by atoms with Gasteiger partial charge in [0.05, 0.1) is 33.3 Å². The number of hydrogen-bond acceptors (Lipinski definition) is 2. The number of aromatic nitrogens is 4. The van der Waals surface area contributed by atoms with Gasteiger partial charge in [-0.25, -0.2) is 9.97 Å². The third-order valence-corrected chi connectivity index (χ3v) is 14.2.